The zero-order valence-electron chi connectivity index (χ0n) is 14.4. The number of aromatic nitrogens is 1. The topological polar surface area (TPSA) is 54.5 Å². The molecular formula is C19H22FN3O2. The second-order valence-electron chi connectivity index (χ2n) is 6.35. The summed E-state index contributed by atoms with van der Waals surface area (Å²) in [6, 6.07) is 9.41. The molecule has 1 aliphatic rings. The molecular weight excluding hydrogens is 321 g/mol. The molecule has 5 nitrogen and oxygen atoms in total. The molecule has 2 heterocycles. The Balaban J connectivity index is 1.79. The van der Waals surface area contributed by atoms with Gasteiger partial charge < -0.3 is 15.0 Å². The van der Waals surface area contributed by atoms with Crippen molar-refractivity contribution in [2.75, 3.05) is 25.6 Å². The largest absolute Gasteiger partial charge is 0.376 e. The number of pyridine rings is 1. The summed E-state index contributed by atoms with van der Waals surface area (Å²) in [5, 5.41) is 3.02. The Labute approximate surface area is 146 Å². The molecule has 0 spiro atoms. The highest BCUT2D eigenvalue weighted by atomic mass is 19.1. The third-order valence-electron chi connectivity index (χ3n) is 4.32. The average Bonchev–Trinajstić information content (AvgIpc) is 3.15. The molecule has 0 radical (unpaired) electrons. The summed E-state index contributed by atoms with van der Waals surface area (Å²) in [6.45, 7) is 0.678. The van der Waals surface area contributed by atoms with Gasteiger partial charge in [-0.1, -0.05) is 12.1 Å². The van der Waals surface area contributed by atoms with Crippen LogP contribution in [0.4, 0.5) is 10.2 Å². The number of carbonyl (C=O) groups excluding carboxylic acids is 1. The summed E-state index contributed by atoms with van der Waals surface area (Å²) < 4.78 is 19.0. The van der Waals surface area contributed by atoms with Gasteiger partial charge in [0, 0.05) is 26.9 Å². The van der Waals surface area contributed by atoms with E-state index in [2.05, 4.69) is 10.3 Å². The van der Waals surface area contributed by atoms with Gasteiger partial charge in [0.2, 0.25) is 0 Å². The van der Waals surface area contributed by atoms with Crippen LogP contribution in [0.25, 0.3) is 0 Å². The number of rotatable bonds is 5. The lowest BCUT2D eigenvalue weighted by molar-refractivity contribution is 0.0672. The molecule has 25 heavy (non-hydrogen) atoms. The predicted octanol–water partition coefficient (Wildman–Crippen LogP) is 2.94. The van der Waals surface area contributed by atoms with E-state index in [1.807, 2.05) is 19.0 Å². The maximum atomic E-state index is 13.2. The molecule has 1 aliphatic heterocycles. The molecule has 1 aromatic carbocycles. The van der Waals surface area contributed by atoms with Crippen molar-refractivity contribution in [1.29, 1.82) is 0 Å². The van der Waals surface area contributed by atoms with Crippen molar-refractivity contribution in [1.82, 2.24) is 10.3 Å². The summed E-state index contributed by atoms with van der Waals surface area (Å²) in [4.78, 5) is 18.8. The van der Waals surface area contributed by atoms with Crippen LogP contribution < -0.4 is 10.2 Å². The second-order valence-corrected chi connectivity index (χ2v) is 6.35. The van der Waals surface area contributed by atoms with Crippen LogP contribution in [-0.4, -0.2) is 37.7 Å². The Morgan fingerprint density at radius 3 is 2.60 bits per heavy atom. The molecule has 2 atom stereocenters. The fourth-order valence-corrected chi connectivity index (χ4v) is 2.94. The smallest absolute Gasteiger partial charge is 0.253 e. The van der Waals surface area contributed by atoms with E-state index < -0.39 is 0 Å². The lowest BCUT2D eigenvalue weighted by Crippen LogP contribution is -2.36. The van der Waals surface area contributed by atoms with E-state index in [1.165, 1.54) is 12.1 Å². The summed E-state index contributed by atoms with van der Waals surface area (Å²) in [6.07, 6.45) is 3.27. The fraction of sp³-hybridized carbons (Fsp3) is 0.368. The number of anilines is 1. The van der Waals surface area contributed by atoms with Gasteiger partial charge in [0.1, 0.15) is 11.6 Å². The number of hydrogen-bond donors (Lipinski definition) is 1. The fourth-order valence-electron chi connectivity index (χ4n) is 2.94. The number of nitrogens with zero attached hydrogens (tertiary/aromatic N) is 2. The second kappa shape index (κ2) is 7.61. The van der Waals surface area contributed by atoms with E-state index in [-0.39, 0.29) is 23.9 Å². The minimum atomic E-state index is -0.316. The minimum absolute atomic E-state index is 0.108. The maximum absolute atomic E-state index is 13.2. The first-order valence-electron chi connectivity index (χ1n) is 8.36. The van der Waals surface area contributed by atoms with Gasteiger partial charge in [-0.3, -0.25) is 4.79 Å². The molecule has 0 aliphatic carbocycles. The highest BCUT2D eigenvalue weighted by molar-refractivity contribution is 5.94. The molecule has 132 valence electrons. The highest BCUT2D eigenvalue weighted by Crippen LogP contribution is 2.27. The van der Waals surface area contributed by atoms with Crippen LogP contribution in [0.2, 0.25) is 0 Å². The van der Waals surface area contributed by atoms with Crippen LogP contribution in [0.1, 0.15) is 34.8 Å². The van der Waals surface area contributed by atoms with E-state index in [1.54, 1.807) is 30.5 Å². The van der Waals surface area contributed by atoms with E-state index in [0.29, 0.717) is 12.2 Å². The molecule has 1 aromatic heterocycles. The summed E-state index contributed by atoms with van der Waals surface area (Å²) >= 11 is 0. The molecule has 6 heteroatoms. The Kier molecular flexibility index (Phi) is 5.28. The molecule has 0 saturated carbocycles. The molecule has 2 unspecified atom stereocenters. The minimum Gasteiger partial charge on any atom is -0.376 e. The van der Waals surface area contributed by atoms with Gasteiger partial charge in [-0.25, -0.2) is 9.37 Å². The van der Waals surface area contributed by atoms with Crippen LogP contribution in [0.15, 0.2) is 42.6 Å². The third-order valence-corrected chi connectivity index (χ3v) is 4.32. The zero-order chi connectivity index (χ0) is 17.8. The molecule has 1 amide bonds. The van der Waals surface area contributed by atoms with Crippen molar-refractivity contribution < 1.29 is 13.9 Å². The van der Waals surface area contributed by atoms with Crippen LogP contribution in [0.5, 0.6) is 0 Å². The Bertz CT molecular complexity index is 710. The third kappa shape index (κ3) is 4.14. The number of halogens is 1. The van der Waals surface area contributed by atoms with Gasteiger partial charge in [0.05, 0.1) is 17.7 Å². The number of carbonyl (C=O) groups is 1. The summed E-state index contributed by atoms with van der Waals surface area (Å²) in [5.74, 6) is 0.262. The number of hydrogen-bond acceptors (Lipinski definition) is 4. The molecule has 2 aromatic rings. The average molecular weight is 343 g/mol. The van der Waals surface area contributed by atoms with Crippen LogP contribution in [-0.2, 0) is 4.74 Å². The lowest BCUT2D eigenvalue weighted by atomic mass is 9.99. The van der Waals surface area contributed by atoms with E-state index in [0.717, 1.165) is 24.2 Å². The van der Waals surface area contributed by atoms with E-state index >= 15 is 0 Å². The van der Waals surface area contributed by atoms with Gasteiger partial charge in [-0.2, -0.15) is 0 Å². The highest BCUT2D eigenvalue weighted by Gasteiger charge is 2.29. The van der Waals surface area contributed by atoms with Gasteiger partial charge >= 0.3 is 0 Å². The van der Waals surface area contributed by atoms with Crippen molar-refractivity contribution in [3.05, 3.63) is 59.5 Å². The Morgan fingerprint density at radius 2 is 2.04 bits per heavy atom. The molecule has 0 bridgehead atoms. The van der Waals surface area contributed by atoms with Crippen molar-refractivity contribution in [2.45, 2.75) is 25.0 Å². The maximum Gasteiger partial charge on any atom is 0.253 e. The number of amides is 1. The SMILES string of the molecule is CN(C)c1ccc(C(=O)NC(c2ccc(F)cc2)C2CCCO2)cn1. The van der Waals surface area contributed by atoms with Crippen LogP contribution >= 0.6 is 0 Å². The Hall–Kier alpha value is -2.47. The predicted molar refractivity (Wildman–Crippen MR) is 94.1 cm³/mol. The molecule has 1 N–H and O–H groups in total. The first kappa shape index (κ1) is 17.4. The first-order valence-corrected chi connectivity index (χ1v) is 8.36. The quantitative estimate of drug-likeness (QED) is 0.907. The number of benzene rings is 1. The number of ether oxygens (including phenoxy) is 1. The van der Waals surface area contributed by atoms with Gasteiger partial charge in [-0.05, 0) is 42.7 Å². The van der Waals surface area contributed by atoms with Gasteiger partial charge in [0.25, 0.3) is 5.91 Å². The number of nitrogens with one attached hydrogen (secondary N) is 1. The summed E-state index contributed by atoms with van der Waals surface area (Å²) in [7, 11) is 3.79. The van der Waals surface area contributed by atoms with Crippen molar-refractivity contribution in [2.24, 2.45) is 0 Å². The summed E-state index contributed by atoms with van der Waals surface area (Å²) in [5.41, 5.74) is 1.32. The molecule has 3 rings (SSSR count). The van der Waals surface area contributed by atoms with Crippen molar-refractivity contribution >= 4 is 11.7 Å². The van der Waals surface area contributed by atoms with Crippen LogP contribution in [0.3, 0.4) is 0 Å². The van der Waals surface area contributed by atoms with E-state index in [4.69, 9.17) is 4.74 Å². The first-order chi connectivity index (χ1) is 12.0. The standard InChI is InChI=1S/C19H22FN3O2/c1-23(2)17-10-7-14(12-21-17)19(24)22-18(16-4-3-11-25-16)13-5-8-15(20)9-6-13/h5-10,12,16,18H,3-4,11H2,1-2H3,(H,22,24). The van der Waals surface area contributed by atoms with Gasteiger partial charge in [-0.15, -0.1) is 0 Å². The molecule has 1 saturated heterocycles. The normalized spacial score (nSPS) is 18.0. The van der Waals surface area contributed by atoms with Gasteiger partial charge in [0.15, 0.2) is 0 Å². The Morgan fingerprint density at radius 1 is 1.28 bits per heavy atom. The molecule has 1 fully saturated rings. The van der Waals surface area contributed by atoms with Crippen molar-refractivity contribution in [3.63, 3.8) is 0 Å². The lowest BCUT2D eigenvalue weighted by Gasteiger charge is -2.25. The van der Waals surface area contributed by atoms with Crippen molar-refractivity contribution in [3.8, 4) is 0 Å². The van der Waals surface area contributed by atoms with E-state index in [9.17, 15) is 9.18 Å². The van der Waals surface area contributed by atoms with Crippen LogP contribution in [0, 0.1) is 5.82 Å². The zero-order valence-corrected chi connectivity index (χ0v) is 14.4. The monoisotopic (exact) mass is 343 g/mol.